The lowest BCUT2D eigenvalue weighted by Gasteiger charge is -2.44. The Hall–Kier alpha value is -6.04. The van der Waals surface area contributed by atoms with Crippen LogP contribution in [0.1, 0.15) is 12.5 Å². The summed E-state index contributed by atoms with van der Waals surface area (Å²) in [7, 11) is 0. The van der Waals surface area contributed by atoms with Crippen molar-refractivity contribution in [3.8, 4) is 5.69 Å². The van der Waals surface area contributed by atoms with Gasteiger partial charge in [0.05, 0.1) is 5.52 Å². The molecule has 0 amide bonds. The van der Waals surface area contributed by atoms with Gasteiger partial charge < -0.3 is 4.90 Å². The van der Waals surface area contributed by atoms with Crippen molar-refractivity contribution in [2.75, 3.05) is 9.80 Å². The van der Waals surface area contributed by atoms with E-state index in [4.69, 9.17) is 0 Å². The van der Waals surface area contributed by atoms with Gasteiger partial charge in [0.1, 0.15) is 5.82 Å². The molecule has 240 valence electrons. The van der Waals surface area contributed by atoms with Crippen molar-refractivity contribution < 1.29 is 0 Å². The summed E-state index contributed by atoms with van der Waals surface area (Å²) in [4.78, 5) is 5.08. The molecule has 5 heteroatoms. The minimum atomic E-state index is 0.0474. The number of nitrogens with zero attached hydrogens (tertiary/aromatic N) is 3. The fraction of sp³-hybridized carbons (Fsp3) is 0.0435. The Balaban J connectivity index is 1.27. The first-order valence-corrected chi connectivity index (χ1v) is 18.6. The molecule has 2 aliphatic heterocycles. The van der Waals surface area contributed by atoms with Crippen molar-refractivity contribution in [3.63, 3.8) is 0 Å². The zero-order chi connectivity index (χ0) is 33.6. The van der Waals surface area contributed by atoms with Crippen molar-refractivity contribution in [2.24, 2.45) is 0 Å². The van der Waals surface area contributed by atoms with Crippen molar-refractivity contribution >= 4 is 99.8 Å². The van der Waals surface area contributed by atoms with Gasteiger partial charge in [-0.05, 0) is 100 Å². The fourth-order valence-corrected chi connectivity index (χ4v) is 9.89. The molecule has 2 aromatic heterocycles. The highest BCUT2D eigenvalue weighted by atomic mass is 32.1. The molecule has 0 fully saturated rings. The number of para-hydroxylation sites is 4. The minimum absolute atomic E-state index is 0.0474. The van der Waals surface area contributed by atoms with Crippen LogP contribution in [0.3, 0.4) is 0 Å². The van der Waals surface area contributed by atoms with Gasteiger partial charge in [-0.2, -0.15) is 0 Å². The number of hydrogen-bond donors (Lipinski definition) is 0. The van der Waals surface area contributed by atoms with E-state index < -0.39 is 0 Å². The molecule has 0 saturated carbocycles. The van der Waals surface area contributed by atoms with E-state index in [0.29, 0.717) is 0 Å². The van der Waals surface area contributed by atoms with E-state index in [0.717, 1.165) is 17.8 Å². The highest BCUT2D eigenvalue weighted by molar-refractivity contribution is 7.25. The largest absolute Gasteiger partial charge is 0.311 e. The van der Waals surface area contributed by atoms with E-state index >= 15 is 0 Å². The maximum atomic E-state index is 2.54. The molecule has 0 saturated heterocycles. The number of hydrogen-bond acceptors (Lipinski definition) is 3. The summed E-state index contributed by atoms with van der Waals surface area (Å²) in [6.07, 6.45) is 0.937. The lowest BCUT2D eigenvalue weighted by molar-refractivity contribution is 1.07. The molecule has 0 aliphatic carbocycles. The van der Waals surface area contributed by atoms with Crippen LogP contribution in [0.5, 0.6) is 0 Å². The van der Waals surface area contributed by atoms with E-state index in [-0.39, 0.29) is 6.71 Å². The van der Waals surface area contributed by atoms with Crippen LogP contribution in [0, 0.1) is 0 Å². The van der Waals surface area contributed by atoms with Crippen LogP contribution >= 0.6 is 11.3 Å². The molecule has 3 nitrogen and oxygen atoms in total. The standard InChI is InChI=1S/C46H32BN3S/c1-2-30-27-40-45-41(28-30)50(32-17-7-4-8-18-32)46-44(36-20-9-12-22-38(36)49(46)31-15-5-3-6-16-31)47(45)37-21-11-13-23-39(37)48(40)33-25-26-35-34-19-10-14-24-42(34)51-43(35)29-33/h3-29H,2H2,1H3. The quantitative estimate of drug-likeness (QED) is 0.173. The summed E-state index contributed by atoms with van der Waals surface area (Å²) < 4.78 is 5.13. The number of aryl methyl sites for hydroxylation is 1. The summed E-state index contributed by atoms with van der Waals surface area (Å²) >= 11 is 1.88. The molecule has 11 rings (SSSR count). The van der Waals surface area contributed by atoms with Gasteiger partial charge >= 0.3 is 0 Å². The van der Waals surface area contributed by atoms with Crippen LogP contribution in [0.25, 0.3) is 36.8 Å². The van der Waals surface area contributed by atoms with Crippen LogP contribution in [0.4, 0.5) is 34.3 Å². The highest BCUT2D eigenvalue weighted by Crippen LogP contribution is 2.48. The van der Waals surface area contributed by atoms with Crippen molar-refractivity contribution in [3.05, 3.63) is 169 Å². The molecule has 0 bridgehead atoms. The summed E-state index contributed by atoms with van der Waals surface area (Å²) in [5.74, 6) is 1.21. The Labute approximate surface area is 301 Å². The van der Waals surface area contributed by atoms with E-state index in [9.17, 15) is 0 Å². The summed E-state index contributed by atoms with van der Waals surface area (Å²) in [6.45, 7) is 2.32. The summed E-state index contributed by atoms with van der Waals surface area (Å²) in [5, 5.41) is 3.93. The topological polar surface area (TPSA) is 11.4 Å². The number of anilines is 6. The Morgan fingerprint density at radius 3 is 1.94 bits per heavy atom. The third-order valence-corrected chi connectivity index (χ3v) is 12.0. The minimum Gasteiger partial charge on any atom is -0.311 e. The predicted octanol–water partition coefficient (Wildman–Crippen LogP) is 10.6. The first kappa shape index (κ1) is 28.8. The van der Waals surface area contributed by atoms with Crippen molar-refractivity contribution in [2.45, 2.75) is 13.3 Å². The SMILES string of the molecule is CCc1cc2c3c(c1)N(c1ccccc1)c1c(c4ccccc4n1-c1ccccc1)B3c1ccccc1N2c1ccc2c(c1)sc1ccccc12. The molecule has 0 atom stereocenters. The second kappa shape index (κ2) is 11.0. The number of rotatable bonds is 4. The monoisotopic (exact) mass is 669 g/mol. The van der Waals surface area contributed by atoms with E-state index in [1.807, 2.05) is 11.3 Å². The van der Waals surface area contributed by atoms with Gasteiger partial charge in [-0.15, -0.1) is 11.3 Å². The molecule has 2 aliphatic rings. The molecule has 0 radical (unpaired) electrons. The van der Waals surface area contributed by atoms with Gasteiger partial charge in [0.25, 0.3) is 6.71 Å². The zero-order valence-electron chi connectivity index (χ0n) is 28.1. The zero-order valence-corrected chi connectivity index (χ0v) is 28.9. The van der Waals surface area contributed by atoms with Crippen LogP contribution < -0.4 is 26.2 Å². The van der Waals surface area contributed by atoms with Crippen LogP contribution in [-0.2, 0) is 6.42 Å². The number of fused-ring (bicyclic) bond motifs is 9. The molecule has 4 heterocycles. The average molecular weight is 670 g/mol. The molecule has 0 N–H and O–H groups in total. The van der Waals surface area contributed by atoms with Crippen LogP contribution in [0.2, 0.25) is 0 Å². The highest BCUT2D eigenvalue weighted by Gasteiger charge is 2.46. The summed E-state index contributed by atoms with van der Waals surface area (Å²) in [6, 6.07) is 60.7. The lowest BCUT2D eigenvalue weighted by Crippen LogP contribution is -2.61. The second-order valence-corrected chi connectivity index (χ2v) is 14.7. The molecule has 7 aromatic carbocycles. The predicted molar refractivity (Wildman–Crippen MR) is 220 cm³/mol. The maximum absolute atomic E-state index is 2.54. The van der Waals surface area contributed by atoms with Gasteiger partial charge in [-0.1, -0.05) is 104 Å². The Bertz CT molecular complexity index is 2820. The Morgan fingerprint density at radius 2 is 1.14 bits per heavy atom. The Morgan fingerprint density at radius 1 is 0.490 bits per heavy atom. The van der Waals surface area contributed by atoms with E-state index in [2.05, 4.69) is 185 Å². The third kappa shape index (κ3) is 4.07. The number of aromatic nitrogens is 1. The van der Waals surface area contributed by atoms with Gasteiger partial charge in [0.2, 0.25) is 0 Å². The molecular weight excluding hydrogens is 637 g/mol. The fourth-order valence-electron chi connectivity index (χ4n) is 8.75. The van der Waals surface area contributed by atoms with Gasteiger partial charge in [0.15, 0.2) is 0 Å². The molecule has 51 heavy (non-hydrogen) atoms. The maximum Gasteiger partial charge on any atom is 0.255 e. The first-order chi connectivity index (χ1) is 25.3. The Kier molecular flexibility index (Phi) is 6.19. The molecular formula is C46H32BN3S. The molecule has 0 spiro atoms. The number of thiophene rings is 1. The van der Waals surface area contributed by atoms with E-state index in [1.54, 1.807) is 0 Å². The molecule has 0 unspecified atom stereocenters. The van der Waals surface area contributed by atoms with Crippen LogP contribution in [0.15, 0.2) is 164 Å². The van der Waals surface area contributed by atoms with Crippen molar-refractivity contribution in [1.29, 1.82) is 0 Å². The number of benzene rings is 7. The third-order valence-electron chi connectivity index (χ3n) is 10.9. The van der Waals surface area contributed by atoms with Gasteiger partial charge in [-0.25, -0.2) is 0 Å². The molecule has 9 aromatic rings. The second-order valence-electron chi connectivity index (χ2n) is 13.6. The average Bonchev–Trinajstić information content (AvgIpc) is 3.74. The van der Waals surface area contributed by atoms with Gasteiger partial charge in [-0.3, -0.25) is 9.47 Å². The first-order valence-electron chi connectivity index (χ1n) is 17.8. The van der Waals surface area contributed by atoms with E-state index in [1.165, 1.54) is 81.6 Å². The normalized spacial score (nSPS) is 13.2. The van der Waals surface area contributed by atoms with Crippen LogP contribution in [-0.4, -0.2) is 11.3 Å². The van der Waals surface area contributed by atoms with Crippen molar-refractivity contribution in [1.82, 2.24) is 4.57 Å². The summed E-state index contributed by atoms with van der Waals surface area (Å²) in [5.41, 5.74) is 13.8. The smallest absolute Gasteiger partial charge is 0.255 e. The lowest BCUT2D eigenvalue weighted by atomic mass is 9.33. The van der Waals surface area contributed by atoms with Gasteiger partial charge in [0, 0.05) is 54.3 Å².